The van der Waals surface area contributed by atoms with Crippen LogP contribution in [0.25, 0.3) is 11.4 Å². The topological polar surface area (TPSA) is 74.7 Å². The predicted octanol–water partition coefficient (Wildman–Crippen LogP) is 4.63. The van der Waals surface area contributed by atoms with Gasteiger partial charge in [-0.3, -0.25) is 0 Å². The van der Waals surface area contributed by atoms with E-state index in [-0.39, 0.29) is 6.04 Å². The van der Waals surface area contributed by atoms with E-state index in [2.05, 4.69) is 21.5 Å². The first-order chi connectivity index (χ1) is 11.7. The summed E-state index contributed by atoms with van der Waals surface area (Å²) in [5, 5.41) is 16.7. The Hall–Kier alpha value is -2.84. The van der Waals surface area contributed by atoms with Crippen molar-refractivity contribution in [3.05, 3.63) is 65.0 Å². The van der Waals surface area contributed by atoms with E-state index in [0.29, 0.717) is 23.2 Å². The van der Waals surface area contributed by atoms with E-state index >= 15 is 0 Å². The fourth-order valence-electron chi connectivity index (χ4n) is 2.25. The fraction of sp³-hybridized carbons (Fsp3) is 0.167. The summed E-state index contributed by atoms with van der Waals surface area (Å²) in [6, 6.07) is 17.0. The first-order valence-corrected chi connectivity index (χ1v) is 7.85. The maximum atomic E-state index is 8.69. The lowest BCUT2D eigenvalue weighted by atomic mass is 10.1. The average molecular weight is 339 g/mol. The molecule has 0 spiro atoms. The highest BCUT2D eigenvalue weighted by atomic mass is 35.5. The molecule has 0 bridgehead atoms. The highest BCUT2D eigenvalue weighted by molar-refractivity contribution is 6.30. The van der Waals surface area contributed by atoms with Gasteiger partial charge in [-0.2, -0.15) is 10.2 Å². The SMILES string of the molecule is C[C@@H](Nc1ccc(CC#N)cc1)c1nc(-c2ccc(Cl)cc2)no1. The fourth-order valence-corrected chi connectivity index (χ4v) is 2.38. The van der Waals surface area contributed by atoms with Crippen molar-refractivity contribution >= 4 is 17.3 Å². The molecule has 1 N–H and O–H groups in total. The Morgan fingerprint density at radius 2 is 1.88 bits per heavy atom. The molecule has 5 nitrogen and oxygen atoms in total. The molecule has 120 valence electrons. The van der Waals surface area contributed by atoms with E-state index in [9.17, 15) is 0 Å². The zero-order valence-corrected chi connectivity index (χ0v) is 13.8. The molecular formula is C18H15ClN4O. The summed E-state index contributed by atoms with van der Waals surface area (Å²) in [5.41, 5.74) is 2.76. The number of aromatic nitrogens is 2. The Kier molecular flexibility index (Phi) is 4.78. The van der Waals surface area contributed by atoms with Gasteiger partial charge in [0.1, 0.15) is 6.04 Å². The molecule has 0 fully saturated rings. The maximum absolute atomic E-state index is 8.69. The van der Waals surface area contributed by atoms with Crippen LogP contribution in [0.15, 0.2) is 53.1 Å². The van der Waals surface area contributed by atoms with Gasteiger partial charge in [-0.1, -0.05) is 28.9 Å². The predicted molar refractivity (Wildman–Crippen MR) is 92.5 cm³/mol. The van der Waals surface area contributed by atoms with Crippen molar-refractivity contribution in [3.8, 4) is 17.5 Å². The second-order valence-corrected chi connectivity index (χ2v) is 5.80. The van der Waals surface area contributed by atoms with Crippen molar-refractivity contribution in [2.75, 3.05) is 5.32 Å². The average Bonchev–Trinajstić information content (AvgIpc) is 3.08. The zero-order valence-electron chi connectivity index (χ0n) is 13.0. The molecule has 0 radical (unpaired) electrons. The molecule has 1 atom stereocenters. The van der Waals surface area contributed by atoms with Crippen molar-refractivity contribution in [1.82, 2.24) is 10.1 Å². The molecule has 0 amide bonds. The van der Waals surface area contributed by atoms with Gasteiger partial charge < -0.3 is 9.84 Å². The molecule has 0 saturated carbocycles. The van der Waals surface area contributed by atoms with E-state index in [0.717, 1.165) is 16.8 Å². The van der Waals surface area contributed by atoms with Crippen LogP contribution >= 0.6 is 11.6 Å². The van der Waals surface area contributed by atoms with E-state index in [1.54, 1.807) is 12.1 Å². The van der Waals surface area contributed by atoms with Crippen LogP contribution in [-0.2, 0) is 6.42 Å². The second kappa shape index (κ2) is 7.16. The number of hydrogen-bond donors (Lipinski definition) is 1. The van der Waals surface area contributed by atoms with Crippen LogP contribution in [0.4, 0.5) is 5.69 Å². The Bertz CT molecular complexity index is 850. The maximum Gasteiger partial charge on any atom is 0.249 e. The van der Waals surface area contributed by atoms with Gasteiger partial charge in [0.25, 0.3) is 0 Å². The molecule has 0 saturated heterocycles. The van der Waals surface area contributed by atoms with Gasteiger partial charge in [-0.25, -0.2) is 0 Å². The quantitative estimate of drug-likeness (QED) is 0.734. The van der Waals surface area contributed by atoms with Gasteiger partial charge in [-0.05, 0) is 48.9 Å². The Morgan fingerprint density at radius 3 is 2.54 bits per heavy atom. The van der Waals surface area contributed by atoms with Crippen LogP contribution < -0.4 is 5.32 Å². The summed E-state index contributed by atoms with van der Waals surface area (Å²) < 4.78 is 5.35. The third-order valence-electron chi connectivity index (χ3n) is 3.53. The van der Waals surface area contributed by atoms with Crippen molar-refractivity contribution in [2.45, 2.75) is 19.4 Å². The standard InChI is InChI=1S/C18H15ClN4O/c1-12(21-16-8-2-13(3-9-16)10-11-20)18-22-17(23-24-18)14-4-6-15(19)7-5-14/h2-9,12,21H,10H2,1H3/t12-/m1/s1. The zero-order chi connectivity index (χ0) is 16.9. The third-order valence-corrected chi connectivity index (χ3v) is 3.79. The van der Waals surface area contributed by atoms with Crippen LogP contribution in [0.3, 0.4) is 0 Å². The lowest BCUT2D eigenvalue weighted by Gasteiger charge is -2.11. The summed E-state index contributed by atoms with van der Waals surface area (Å²) in [5.74, 6) is 1.03. The summed E-state index contributed by atoms with van der Waals surface area (Å²) in [7, 11) is 0. The molecule has 0 aliphatic heterocycles. The smallest absolute Gasteiger partial charge is 0.249 e. The molecule has 2 aromatic carbocycles. The van der Waals surface area contributed by atoms with Crippen molar-refractivity contribution in [2.24, 2.45) is 0 Å². The third kappa shape index (κ3) is 3.73. The van der Waals surface area contributed by atoms with Gasteiger partial charge in [0.2, 0.25) is 11.7 Å². The molecule has 3 rings (SSSR count). The highest BCUT2D eigenvalue weighted by Crippen LogP contribution is 2.23. The molecule has 6 heteroatoms. The Morgan fingerprint density at radius 1 is 1.17 bits per heavy atom. The van der Waals surface area contributed by atoms with E-state index in [1.165, 1.54) is 0 Å². The number of halogens is 1. The summed E-state index contributed by atoms with van der Waals surface area (Å²) in [4.78, 5) is 4.43. The molecule has 3 aromatic rings. The van der Waals surface area contributed by atoms with Crippen LogP contribution in [-0.4, -0.2) is 10.1 Å². The van der Waals surface area contributed by atoms with Gasteiger partial charge in [0, 0.05) is 16.3 Å². The Labute approximate surface area is 144 Å². The van der Waals surface area contributed by atoms with Crippen LogP contribution in [0.1, 0.15) is 24.4 Å². The van der Waals surface area contributed by atoms with Crippen LogP contribution in [0, 0.1) is 11.3 Å². The monoisotopic (exact) mass is 338 g/mol. The van der Waals surface area contributed by atoms with Crippen molar-refractivity contribution < 1.29 is 4.52 Å². The number of benzene rings is 2. The minimum absolute atomic E-state index is 0.139. The molecule has 1 aromatic heterocycles. The van der Waals surface area contributed by atoms with Gasteiger partial charge in [0.15, 0.2) is 0 Å². The number of nitrogens with zero attached hydrogens (tertiary/aromatic N) is 3. The molecule has 0 aliphatic carbocycles. The molecular weight excluding hydrogens is 324 g/mol. The lowest BCUT2D eigenvalue weighted by molar-refractivity contribution is 0.368. The van der Waals surface area contributed by atoms with Crippen LogP contribution in [0.5, 0.6) is 0 Å². The van der Waals surface area contributed by atoms with Gasteiger partial charge in [-0.15, -0.1) is 0 Å². The Balaban J connectivity index is 1.70. The molecule has 0 unspecified atom stereocenters. The summed E-state index contributed by atoms with van der Waals surface area (Å²) in [6.07, 6.45) is 0.407. The van der Waals surface area contributed by atoms with E-state index in [4.69, 9.17) is 21.4 Å². The minimum atomic E-state index is -0.139. The first-order valence-electron chi connectivity index (χ1n) is 7.47. The van der Waals surface area contributed by atoms with Crippen LogP contribution in [0.2, 0.25) is 5.02 Å². The largest absolute Gasteiger partial charge is 0.374 e. The van der Waals surface area contributed by atoms with Gasteiger partial charge in [0.05, 0.1) is 12.5 Å². The molecule has 24 heavy (non-hydrogen) atoms. The van der Waals surface area contributed by atoms with Crippen molar-refractivity contribution in [1.29, 1.82) is 5.26 Å². The first kappa shape index (κ1) is 16.0. The number of nitriles is 1. The number of hydrogen-bond acceptors (Lipinski definition) is 5. The number of rotatable bonds is 5. The highest BCUT2D eigenvalue weighted by Gasteiger charge is 2.15. The molecule has 0 aliphatic rings. The van der Waals surface area contributed by atoms with Gasteiger partial charge >= 0.3 is 0 Å². The van der Waals surface area contributed by atoms with E-state index < -0.39 is 0 Å². The second-order valence-electron chi connectivity index (χ2n) is 5.36. The van der Waals surface area contributed by atoms with Crippen molar-refractivity contribution in [3.63, 3.8) is 0 Å². The molecule has 1 heterocycles. The number of anilines is 1. The summed E-state index contributed by atoms with van der Waals surface area (Å²) in [6.45, 7) is 1.95. The normalized spacial score (nSPS) is 11.7. The number of nitrogens with one attached hydrogen (secondary N) is 1. The van der Waals surface area contributed by atoms with E-state index in [1.807, 2.05) is 43.3 Å². The minimum Gasteiger partial charge on any atom is -0.374 e. The summed E-state index contributed by atoms with van der Waals surface area (Å²) >= 11 is 5.88. The lowest BCUT2D eigenvalue weighted by Crippen LogP contribution is -2.07.